The minimum absolute atomic E-state index is 0.307. The van der Waals surface area contributed by atoms with Crippen molar-refractivity contribution in [3.8, 4) is 17.2 Å². The Morgan fingerprint density at radius 1 is 0.933 bits per heavy atom. The van der Waals surface area contributed by atoms with Crippen LogP contribution < -0.4 is 4.74 Å². The molecule has 0 saturated heterocycles. The van der Waals surface area contributed by atoms with E-state index in [1.165, 1.54) is 0 Å². The Kier molecular flexibility index (Phi) is 1.68. The molecule has 0 spiro atoms. The number of para-hydroxylation sites is 1. The van der Waals surface area contributed by atoms with Crippen molar-refractivity contribution >= 4 is 0 Å². The van der Waals surface area contributed by atoms with Gasteiger partial charge in [0, 0.05) is 12.0 Å². The van der Waals surface area contributed by atoms with Gasteiger partial charge >= 0.3 is 0 Å². The second kappa shape index (κ2) is 3.02. The Labute approximate surface area is 87.8 Å². The Balaban J connectivity index is 2.15. The van der Waals surface area contributed by atoms with Crippen LogP contribution in [0.1, 0.15) is 11.1 Å². The molecule has 2 heteroatoms. The van der Waals surface area contributed by atoms with Crippen molar-refractivity contribution in [2.45, 2.75) is 6.42 Å². The van der Waals surface area contributed by atoms with Gasteiger partial charge in [-0.3, -0.25) is 0 Å². The zero-order valence-electron chi connectivity index (χ0n) is 8.10. The molecule has 15 heavy (non-hydrogen) atoms. The molecule has 0 radical (unpaired) electrons. The molecule has 1 heterocycles. The molecule has 0 saturated carbocycles. The molecule has 0 aliphatic carbocycles. The van der Waals surface area contributed by atoms with Gasteiger partial charge in [0.2, 0.25) is 0 Å². The molecule has 0 bridgehead atoms. The number of phenolic OH excluding ortho intramolecular Hbond substituents is 1. The van der Waals surface area contributed by atoms with E-state index in [0.717, 1.165) is 29.0 Å². The monoisotopic (exact) mass is 198 g/mol. The number of aromatic hydroxyl groups is 1. The van der Waals surface area contributed by atoms with E-state index in [-0.39, 0.29) is 0 Å². The van der Waals surface area contributed by atoms with Crippen molar-refractivity contribution in [3.05, 3.63) is 53.6 Å². The van der Waals surface area contributed by atoms with Crippen molar-refractivity contribution in [2.24, 2.45) is 0 Å². The standard InChI is InChI=1S/C13H10O2/c14-11-5-3-7-13-10(11)8-9-4-1-2-6-12(9)15-13/h1-7,14H,8H2. The first kappa shape index (κ1) is 8.36. The van der Waals surface area contributed by atoms with Crippen LogP contribution in [-0.2, 0) is 6.42 Å². The molecule has 0 atom stereocenters. The van der Waals surface area contributed by atoms with Crippen LogP contribution in [0.5, 0.6) is 17.2 Å². The lowest BCUT2D eigenvalue weighted by molar-refractivity contribution is 0.432. The molecule has 1 N–H and O–H groups in total. The average molecular weight is 198 g/mol. The number of fused-ring (bicyclic) bond motifs is 2. The Hall–Kier alpha value is -1.96. The van der Waals surface area contributed by atoms with Crippen molar-refractivity contribution in [2.75, 3.05) is 0 Å². The van der Waals surface area contributed by atoms with E-state index in [2.05, 4.69) is 0 Å². The molecule has 0 aromatic heterocycles. The molecule has 1 aliphatic heterocycles. The number of ether oxygens (including phenoxy) is 1. The second-order valence-electron chi connectivity index (χ2n) is 3.64. The molecule has 74 valence electrons. The van der Waals surface area contributed by atoms with Crippen LogP contribution in [0.15, 0.2) is 42.5 Å². The molecule has 0 fully saturated rings. The topological polar surface area (TPSA) is 29.5 Å². The molecule has 2 aromatic carbocycles. The van der Waals surface area contributed by atoms with Gasteiger partial charge in [-0.05, 0) is 23.8 Å². The highest BCUT2D eigenvalue weighted by molar-refractivity contribution is 5.54. The highest BCUT2D eigenvalue weighted by Gasteiger charge is 2.18. The summed E-state index contributed by atoms with van der Waals surface area (Å²) in [5.41, 5.74) is 1.99. The van der Waals surface area contributed by atoms with Crippen LogP contribution in [0.4, 0.5) is 0 Å². The Morgan fingerprint density at radius 3 is 2.67 bits per heavy atom. The molecule has 2 aromatic rings. The van der Waals surface area contributed by atoms with Crippen molar-refractivity contribution < 1.29 is 9.84 Å². The first-order valence-corrected chi connectivity index (χ1v) is 4.91. The van der Waals surface area contributed by atoms with Gasteiger partial charge in [-0.1, -0.05) is 24.3 Å². The van der Waals surface area contributed by atoms with E-state index in [1.54, 1.807) is 12.1 Å². The third-order valence-electron chi connectivity index (χ3n) is 2.67. The molecule has 0 amide bonds. The number of hydrogen-bond donors (Lipinski definition) is 1. The summed E-state index contributed by atoms with van der Waals surface area (Å²) in [6.45, 7) is 0. The van der Waals surface area contributed by atoms with E-state index in [4.69, 9.17) is 4.74 Å². The van der Waals surface area contributed by atoms with Crippen LogP contribution >= 0.6 is 0 Å². The quantitative estimate of drug-likeness (QED) is 0.601. The maximum Gasteiger partial charge on any atom is 0.134 e. The van der Waals surface area contributed by atoms with Gasteiger partial charge in [0.1, 0.15) is 17.2 Å². The summed E-state index contributed by atoms with van der Waals surface area (Å²) in [5, 5.41) is 9.70. The number of hydrogen-bond acceptors (Lipinski definition) is 2. The van der Waals surface area contributed by atoms with Gasteiger partial charge in [-0.2, -0.15) is 0 Å². The van der Waals surface area contributed by atoms with Gasteiger partial charge in [0.15, 0.2) is 0 Å². The predicted molar refractivity (Wildman–Crippen MR) is 57.4 cm³/mol. The first-order chi connectivity index (χ1) is 7.34. The van der Waals surface area contributed by atoms with Crippen molar-refractivity contribution in [3.63, 3.8) is 0 Å². The van der Waals surface area contributed by atoms with Crippen LogP contribution in [-0.4, -0.2) is 5.11 Å². The van der Waals surface area contributed by atoms with Gasteiger partial charge < -0.3 is 9.84 Å². The van der Waals surface area contributed by atoms with Gasteiger partial charge in [-0.15, -0.1) is 0 Å². The SMILES string of the molecule is Oc1cccc2c1Cc1ccccc1O2. The molecular weight excluding hydrogens is 188 g/mol. The highest BCUT2D eigenvalue weighted by Crippen LogP contribution is 2.39. The third kappa shape index (κ3) is 1.26. The summed E-state index contributed by atoms with van der Waals surface area (Å²) in [7, 11) is 0. The average Bonchev–Trinajstić information content (AvgIpc) is 2.27. The normalized spacial score (nSPS) is 12.5. The Morgan fingerprint density at radius 2 is 1.73 bits per heavy atom. The fourth-order valence-electron chi connectivity index (χ4n) is 1.89. The summed E-state index contributed by atoms with van der Waals surface area (Å²) in [6.07, 6.45) is 0.734. The lowest BCUT2D eigenvalue weighted by Gasteiger charge is -2.20. The lowest BCUT2D eigenvalue weighted by atomic mass is 10.00. The third-order valence-corrected chi connectivity index (χ3v) is 2.67. The molecule has 1 aliphatic rings. The van der Waals surface area contributed by atoms with E-state index in [9.17, 15) is 5.11 Å². The maximum absolute atomic E-state index is 9.70. The highest BCUT2D eigenvalue weighted by atomic mass is 16.5. The minimum Gasteiger partial charge on any atom is -0.508 e. The summed E-state index contributed by atoms with van der Waals surface area (Å²) >= 11 is 0. The second-order valence-corrected chi connectivity index (χ2v) is 3.64. The molecule has 0 unspecified atom stereocenters. The number of phenols is 1. The summed E-state index contributed by atoms with van der Waals surface area (Å²) in [6, 6.07) is 13.3. The zero-order chi connectivity index (χ0) is 10.3. The Bertz CT molecular complexity index is 518. The van der Waals surface area contributed by atoms with E-state index in [1.807, 2.05) is 30.3 Å². The first-order valence-electron chi connectivity index (χ1n) is 4.91. The van der Waals surface area contributed by atoms with Crippen LogP contribution in [0.25, 0.3) is 0 Å². The number of benzene rings is 2. The van der Waals surface area contributed by atoms with E-state index in [0.29, 0.717) is 5.75 Å². The smallest absolute Gasteiger partial charge is 0.134 e. The van der Waals surface area contributed by atoms with Crippen molar-refractivity contribution in [1.82, 2.24) is 0 Å². The molecular formula is C13H10O2. The van der Waals surface area contributed by atoms with Gasteiger partial charge in [0.25, 0.3) is 0 Å². The summed E-state index contributed by atoms with van der Waals surface area (Å²) in [5.74, 6) is 1.95. The van der Waals surface area contributed by atoms with E-state index < -0.39 is 0 Å². The molecule has 2 nitrogen and oxygen atoms in total. The fourth-order valence-corrected chi connectivity index (χ4v) is 1.89. The summed E-state index contributed by atoms with van der Waals surface area (Å²) < 4.78 is 5.70. The maximum atomic E-state index is 9.70. The van der Waals surface area contributed by atoms with Crippen LogP contribution in [0.3, 0.4) is 0 Å². The van der Waals surface area contributed by atoms with Gasteiger partial charge in [0.05, 0.1) is 0 Å². The zero-order valence-corrected chi connectivity index (χ0v) is 8.10. The van der Waals surface area contributed by atoms with Crippen LogP contribution in [0.2, 0.25) is 0 Å². The van der Waals surface area contributed by atoms with E-state index >= 15 is 0 Å². The fraction of sp³-hybridized carbons (Fsp3) is 0.0769. The number of rotatable bonds is 0. The van der Waals surface area contributed by atoms with Crippen molar-refractivity contribution in [1.29, 1.82) is 0 Å². The summed E-state index contributed by atoms with van der Waals surface area (Å²) in [4.78, 5) is 0. The van der Waals surface area contributed by atoms with Gasteiger partial charge in [-0.25, -0.2) is 0 Å². The minimum atomic E-state index is 0.307. The largest absolute Gasteiger partial charge is 0.508 e. The molecule has 3 rings (SSSR count). The lowest BCUT2D eigenvalue weighted by Crippen LogP contribution is -2.02. The predicted octanol–water partition coefficient (Wildman–Crippen LogP) is 3.09. The van der Waals surface area contributed by atoms with Crippen LogP contribution in [0, 0.1) is 0 Å².